The van der Waals surface area contributed by atoms with Gasteiger partial charge in [0, 0.05) is 22.8 Å². The van der Waals surface area contributed by atoms with E-state index in [0.717, 1.165) is 59.9 Å². The second-order valence-corrected chi connectivity index (χ2v) is 7.87. The molecular weight excluding hydrogens is 360 g/mol. The number of H-pyrrole nitrogens is 2. The molecule has 6 heteroatoms. The van der Waals surface area contributed by atoms with E-state index in [1.54, 1.807) is 0 Å². The van der Waals surface area contributed by atoms with Crippen LogP contribution in [0, 0.1) is 17.2 Å². The van der Waals surface area contributed by atoms with Gasteiger partial charge in [-0.15, -0.1) is 0 Å². The topological polar surface area (TPSA) is 92.3 Å². The zero-order valence-electron chi connectivity index (χ0n) is 16.3. The number of benzene rings is 2. The SMILES string of the molecule is N#Cc1ccc2c(-c3cc4ccc(CNCC5CCNCC5)cc4[nH]3)n[nH]c2c1. The van der Waals surface area contributed by atoms with Crippen molar-refractivity contribution < 1.29 is 0 Å². The van der Waals surface area contributed by atoms with E-state index in [4.69, 9.17) is 5.26 Å². The van der Waals surface area contributed by atoms with Gasteiger partial charge in [0.25, 0.3) is 0 Å². The number of fused-ring (bicyclic) bond motifs is 2. The molecule has 2 aromatic heterocycles. The Hall–Kier alpha value is -3.14. The molecule has 6 nitrogen and oxygen atoms in total. The van der Waals surface area contributed by atoms with Gasteiger partial charge in [0.1, 0.15) is 5.69 Å². The summed E-state index contributed by atoms with van der Waals surface area (Å²) in [5, 5.41) is 25.8. The first-order valence-electron chi connectivity index (χ1n) is 10.2. The Morgan fingerprint density at radius 2 is 1.97 bits per heavy atom. The van der Waals surface area contributed by atoms with E-state index in [0.29, 0.717) is 5.56 Å². The number of nitrogens with zero attached hydrogens (tertiary/aromatic N) is 2. The number of piperidine rings is 1. The Kier molecular flexibility index (Phi) is 4.76. The molecule has 1 saturated heterocycles. The smallest absolute Gasteiger partial charge is 0.116 e. The van der Waals surface area contributed by atoms with Crippen LogP contribution in [0.3, 0.4) is 0 Å². The van der Waals surface area contributed by atoms with E-state index in [2.05, 4.69) is 56.1 Å². The summed E-state index contributed by atoms with van der Waals surface area (Å²) in [6.07, 6.45) is 2.53. The lowest BCUT2D eigenvalue weighted by Gasteiger charge is -2.22. The van der Waals surface area contributed by atoms with E-state index in [-0.39, 0.29) is 0 Å². The standard InChI is InChI=1S/C23H24N6/c24-12-16-2-4-19-21(9-16)28-29-23(19)22-11-18-3-1-17(10-20(18)27-22)14-26-13-15-5-7-25-8-6-15/h1-4,9-11,15,25-27H,5-8,13-14H2,(H,28,29). The van der Waals surface area contributed by atoms with Gasteiger partial charge in [-0.2, -0.15) is 10.4 Å². The number of aromatic nitrogens is 3. The first-order valence-corrected chi connectivity index (χ1v) is 10.2. The number of nitrogens with one attached hydrogen (secondary N) is 4. The van der Waals surface area contributed by atoms with Crippen molar-refractivity contribution in [3.05, 3.63) is 53.6 Å². The molecule has 29 heavy (non-hydrogen) atoms. The molecule has 3 heterocycles. The first-order chi connectivity index (χ1) is 14.3. The van der Waals surface area contributed by atoms with Crippen molar-refractivity contribution in [2.75, 3.05) is 19.6 Å². The highest BCUT2D eigenvalue weighted by atomic mass is 15.1. The van der Waals surface area contributed by atoms with Crippen LogP contribution in [0.15, 0.2) is 42.5 Å². The van der Waals surface area contributed by atoms with Crippen LogP contribution in [0.2, 0.25) is 0 Å². The number of hydrogen-bond acceptors (Lipinski definition) is 4. The summed E-state index contributed by atoms with van der Waals surface area (Å²) in [6.45, 7) is 4.25. The van der Waals surface area contributed by atoms with E-state index >= 15 is 0 Å². The highest BCUT2D eigenvalue weighted by molar-refractivity contribution is 5.96. The highest BCUT2D eigenvalue weighted by Crippen LogP contribution is 2.29. The van der Waals surface area contributed by atoms with Crippen LogP contribution in [0.25, 0.3) is 33.2 Å². The molecule has 0 saturated carbocycles. The van der Waals surface area contributed by atoms with Gasteiger partial charge in [-0.25, -0.2) is 0 Å². The molecule has 0 amide bonds. The number of rotatable bonds is 5. The normalized spacial score (nSPS) is 15.1. The van der Waals surface area contributed by atoms with Crippen molar-refractivity contribution in [3.8, 4) is 17.5 Å². The maximum Gasteiger partial charge on any atom is 0.116 e. The molecule has 0 radical (unpaired) electrons. The third kappa shape index (κ3) is 3.63. The minimum absolute atomic E-state index is 0.631. The summed E-state index contributed by atoms with van der Waals surface area (Å²) in [4.78, 5) is 3.52. The number of aromatic amines is 2. The van der Waals surface area contributed by atoms with Gasteiger partial charge in [0.15, 0.2) is 0 Å². The summed E-state index contributed by atoms with van der Waals surface area (Å²) in [5.41, 5.74) is 5.77. The lowest BCUT2D eigenvalue weighted by atomic mass is 9.98. The molecular formula is C23H24N6. The second kappa shape index (κ2) is 7.70. The van der Waals surface area contributed by atoms with Crippen molar-refractivity contribution in [3.63, 3.8) is 0 Å². The Bertz CT molecular complexity index is 1190. The minimum Gasteiger partial charge on any atom is -0.353 e. The molecule has 5 rings (SSSR count). The lowest BCUT2D eigenvalue weighted by molar-refractivity contribution is 0.356. The largest absolute Gasteiger partial charge is 0.353 e. The maximum absolute atomic E-state index is 9.08. The van der Waals surface area contributed by atoms with Crippen LogP contribution >= 0.6 is 0 Å². The summed E-state index contributed by atoms with van der Waals surface area (Å²) < 4.78 is 0. The Balaban J connectivity index is 1.35. The van der Waals surface area contributed by atoms with Crippen LogP contribution in [0.5, 0.6) is 0 Å². The summed E-state index contributed by atoms with van der Waals surface area (Å²) in [7, 11) is 0. The second-order valence-electron chi connectivity index (χ2n) is 7.87. The van der Waals surface area contributed by atoms with Crippen molar-refractivity contribution in [1.82, 2.24) is 25.8 Å². The molecule has 1 fully saturated rings. The van der Waals surface area contributed by atoms with Gasteiger partial charge in [0.05, 0.1) is 22.8 Å². The number of nitriles is 1. The van der Waals surface area contributed by atoms with Gasteiger partial charge in [-0.1, -0.05) is 12.1 Å². The Morgan fingerprint density at radius 3 is 2.83 bits per heavy atom. The monoisotopic (exact) mass is 384 g/mol. The van der Waals surface area contributed by atoms with Gasteiger partial charge in [-0.05, 0) is 74.3 Å². The predicted molar refractivity (Wildman–Crippen MR) is 115 cm³/mol. The zero-order valence-corrected chi connectivity index (χ0v) is 16.3. The van der Waals surface area contributed by atoms with E-state index in [1.807, 2.05) is 18.2 Å². The van der Waals surface area contributed by atoms with Crippen LogP contribution in [-0.4, -0.2) is 34.8 Å². The van der Waals surface area contributed by atoms with Gasteiger partial charge in [-0.3, -0.25) is 5.10 Å². The van der Waals surface area contributed by atoms with Crippen molar-refractivity contribution in [2.24, 2.45) is 5.92 Å². The Labute approximate surface area is 169 Å². The predicted octanol–water partition coefficient (Wildman–Crippen LogP) is 3.67. The molecule has 0 bridgehead atoms. The van der Waals surface area contributed by atoms with Crippen LogP contribution in [0.1, 0.15) is 24.0 Å². The van der Waals surface area contributed by atoms with E-state index in [9.17, 15) is 0 Å². The Morgan fingerprint density at radius 1 is 1.07 bits per heavy atom. The van der Waals surface area contributed by atoms with Gasteiger partial charge < -0.3 is 15.6 Å². The fourth-order valence-corrected chi connectivity index (χ4v) is 4.21. The van der Waals surface area contributed by atoms with E-state index in [1.165, 1.54) is 23.8 Å². The lowest BCUT2D eigenvalue weighted by Crippen LogP contribution is -2.33. The molecule has 0 aliphatic carbocycles. The summed E-state index contributed by atoms with van der Waals surface area (Å²) >= 11 is 0. The van der Waals surface area contributed by atoms with E-state index < -0.39 is 0 Å². The fraction of sp³-hybridized carbons (Fsp3) is 0.304. The minimum atomic E-state index is 0.631. The highest BCUT2D eigenvalue weighted by Gasteiger charge is 2.13. The molecule has 0 atom stereocenters. The first kappa shape index (κ1) is 17.9. The van der Waals surface area contributed by atoms with Gasteiger partial charge >= 0.3 is 0 Å². The molecule has 1 aliphatic rings. The third-order valence-electron chi connectivity index (χ3n) is 5.85. The zero-order chi connectivity index (χ0) is 19.6. The molecule has 4 aromatic rings. The van der Waals surface area contributed by atoms with Crippen molar-refractivity contribution >= 4 is 21.8 Å². The fourth-order valence-electron chi connectivity index (χ4n) is 4.21. The maximum atomic E-state index is 9.08. The van der Waals surface area contributed by atoms with Crippen LogP contribution in [-0.2, 0) is 6.54 Å². The van der Waals surface area contributed by atoms with Gasteiger partial charge in [0.2, 0.25) is 0 Å². The van der Waals surface area contributed by atoms with Crippen molar-refractivity contribution in [1.29, 1.82) is 5.26 Å². The number of hydrogen-bond donors (Lipinski definition) is 4. The molecule has 146 valence electrons. The third-order valence-corrected chi connectivity index (χ3v) is 5.85. The average molecular weight is 384 g/mol. The molecule has 1 aliphatic heterocycles. The average Bonchev–Trinajstić information content (AvgIpc) is 3.37. The molecule has 0 spiro atoms. The summed E-state index contributed by atoms with van der Waals surface area (Å²) in [6, 6.07) is 16.5. The quantitative estimate of drug-likeness (QED) is 0.422. The van der Waals surface area contributed by atoms with Crippen LogP contribution in [0.4, 0.5) is 0 Å². The summed E-state index contributed by atoms with van der Waals surface area (Å²) in [5.74, 6) is 0.784. The molecule has 2 aromatic carbocycles. The van der Waals surface area contributed by atoms with Crippen LogP contribution < -0.4 is 10.6 Å². The molecule has 4 N–H and O–H groups in total. The molecule has 0 unspecified atom stereocenters. The van der Waals surface area contributed by atoms with Crippen molar-refractivity contribution in [2.45, 2.75) is 19.4 Å².